The van der Waals surface area contributed by atoms with Crippen LogP contribution in [-0.2, 0) is 11.8 Å². The lowest BCUT2D eigenvalue weighted by Gasteiger charge is -2.10. The van der Waals surface area contributed by atoms with Crippen molar-refractivity contribution >= 4 is 28.2 Å². The van der Waals surface area contributed by atoms with Crippen LogP contribution in [0.2, 0.25) is 5.02 Å². The van der Waals surface area contributed by atoms with Gasteiger partial charge in [-0.25, -0.2) is 4.98 Å². The van der Waals surface area contributed by atoms with Gasteiger partial charge in [-0.15, -0.1) is 5.10 Å². The number of hydrogen-bond donors (Lipinski definition) is 0. The van der Waals surface area contributed by atoms with E-state index in [0.29, 0.717) is 33.3 Å². The molecule has 0 radical (unpaired) electrons. The average molecular weight is 385 g/mol. The average Bonchev–Trinajstić information content (AvgIpc) is 3.20. The molecule has 1 atom stereocenters. The van der Waals surface area contributed by atoms with Crippen LogP contribution in [0.15, 0.2) is 35.5 Å². The first-order chi connectivity index (χ1) is 13.1. The Kier molecular flexibility index (Phi) is 3.60. The normalized spacial score (nSPS) is 15.7. The van der Waals surface area contributed by atoms with Crippen molar-refractivity contribution in [1.82, 2.24) is 28.9 Å². The molecule has 0 unspecified atom stereocenters. The quantitative estimate of drug-likeness (QED) is 0.540. The molecule has 0 spiro atoms. The van der Waals surface area contributed by atoms with Crippen molar-refractivity contribution in [2.45, 2.75) is 18.9 Å². The number of aryl methyl sites for hydroxylation is 1. The van der Waals surface area contributed by atoms with Gasteiger partial charge in [0.25, 0.3) is 5.56 Å². The molecule has 1 aliphatic carbocycles. The first-order valence-electron chi connectivity index (χ1n) is 8.70. The van der Waals surface area contributed by atoms with Crippen LogP contribution in [0.3, 0.4) is 0 Å². The summed E-state index contributed by atoms with van der Waals surface area (Å²) in [7, 11) is 3.39. The van der Waals surface area contributed by atoms with Crippen LogP contribution in [0.25, 0.3) is 22.4 Å². The second-order valence-electron chi connectivity index (χ2n) is 6.84. The standard InChI is InChI=1S/C18H17ClN6O2/c1-23-17-16(25-8-12(21-22-25)15(27-2)10-6-7-10)20-9-24(17)13-5-3-4-11(19)14(13)18(23)26/h3-5,8-10,15H,6-7H2,1-2H3/t15-/m0/s1. The van der Waals surface area contributed by atoms with Gasteiger partial charge in [-0.1, -0.05) is 22.9 Å². The van der Waals surface area contributed by atoms with E-state index in [2.05, 4.69) is 15.3 Å². The van der Waals surface area contributed by atoms with Crippen molar-refractivity contribution in [1.29, 1.82) is 0 Å². The summed E-state index contributed by atoms with van der Waals surface area (Å²) >= 11 is 6.26. The fourth-order valence-corrected chi connectivity index (χ4v) is 3.89. The van der Waals surface area contributed by atoms with Gasteiger partial charge >= 0.3 is 0 Å². The zero-order valence-electron chi connectivity index (χ0n) is 14.8. The molecule has 9 heteroatoms. The lowest BCUT2D eigenvalue weighted by atomic mass is 10.2. The summed E-state index contributed by atoms with van der Waals surface area (Å²) < 4.78 is 10.5. The van der Waals surface area contributed by atoms with E-state index in [4.69, 9.17) is 16.3 Å². The van der Waals surface area contributed by atoms with E-state index in [1.165, 1.54) is 4.57 Å². The molecule has 1 saturated carbocycles. The lowest BCUT2D eigenvalue weighted by molar-refractivity contribution is 0.0810. The molecule has 4 aromatic rings. The molecular weight excluding hydrogens is 368 g/mol. The molecule has 27 heavy (non-hydrogen) atoms. The highest BCUT2D eigenvalue weighted by atomic mass is 35.5. The maximum atomic E-state index is 12.9. The van der Waals surface area contributed by atoms with Crippen molar-refractivity contribution < 1.29 is 4.74 Å². The Morgan fingerprint density at radius 2 is 2.15 bits per heavy atom. The maximum Gasteiger partial charge on any atom is 0.262 e. The highest BCUT2D eigenvalue weighted by Crippen LogP contribution is 2.42. The van der Waals surface area contributed by atoms with E-state index in [9.17, 15) is 4.79 Å². The van der Waals surface area contributed by atoms with Crippen LogP contribution >= 0.6 is 11.6 Å². The van der Waals surface area contributed by atoms with Crippen molar-refractivity contribution in [3.8, 4) is 5.82 Å². The van der Waals surface area contributed by atoms with Crippen molar-refractivity contribution in [3.63, 3.8) is 0 Å². The van der Waals surface area contributed by atoms with Gasteiger partial charge in [0.1, 0.15) is 18.1 Å². The molecule has 0 N–H and O–H groups in total. The van der Waals surface area contributed by atoms with E-state index >= 15 is 0 Å². The summed E-state index contributed by atoms with van der Waals surface area (Å²) in [4.78, 5) is 17.4. The third kappa shape index (κ3) is 2.40. The second-order valence-corrected chi connectivity index (χ2v) is 7.25. The summed E-state index contributed by atoms with van der Waals surface area (Å²) in [5, 5.41) is 9.38. The zero-order chi connectivity index (χ0) is 18.7. The Balaban J connectivity index is 1.73. The highest BCUT2D eigenvalue weighted by Gasteiger charge is 2.34. The van der Waals surface area contributed by atoms with Crippen molar-refractivity contribution in [3.05, 3.63) is 51.8 Å². The van der Waals surface area contributed by atoms with Crippen LogP contribution in [0.5, 0.6) is 0 Å². The van der Waals surface area contributed by atoms with E-state index < -0.39 is 0 Å². The fourth-order valence-electron chi connectivity index (χ4n) is 3.64. The second kappa shape index (κ2) is 5.90. The molecule has 3 heterocycles. The van der Waals surface area contributed by atoms with Crippen LogP contribution in [0.4, 0.5) is 0 Å². The molecule has 3 aromatic heterocycles. The molecule has 0 aliphatic heterocycles. The Bertz CT molecular complexity index is 1240. The number of nitrogens with zero attached hydrogens (tertiary/aromatic N) is 6. The number of methoxy groups -OCH3 is 1. The topological polar surface area (TPSA) is 79.2 Å². The minimum atomic E-state index is -0.182. The van der Waals surface area contributed by atoms with Crippen LogP contribution in [0, 0.1) is 5.92 Å². The smallest absolute Gasteiger partial charge is 0.262 e. The van der Waals surface area contributed by atoms with Gasteiger partial charge in [0.2, 0.25) is 0 Å². The molecular formula is C18H17ClN6O2. The van der Waals surface area contributed by atoms with Gasteiger partial charge in [0.05, 0.1) is 22.1 Å². The van der Waals surface area contributed by atoms with Crippen LogP contribution < -0.4 is 5.56 Å². The first-order valence-corrected chi connectivity index (χ1v) is 9.07. The predicted molar refractivity (Wildman–Crippen MR) is 100 cm³/mol. The molecule has 0 saturated heterocycles. The number of hydrogen-bond acceptors (Lipinski definition) is 5. The summed E-state index contributed by atoms with van der Waals surface area (Å²) in [5.74, 6) is 1.02. The number of ether oxygens (including phenoxy) is 1. The molecule has 1 fully saturated rings. The van der Waals surface area contributed by atoms with Crippen molar-refractivity contribution in [2.75, 3.05) is 7.11 Å². The number of halogens is 1. The summed E-state index contributed by atoms with van der Waals surface area (Å²) in [6, 6.07) is 5.37. The van der Waals surface area contributed by atoms with Gasteiger partial charge in [-0.3, -0.25) is 13.8 Å². The van der Waals surface area contributed by atoms with Gasteiger partial charge in [-0.2, -0.15) is 4.68 Å². The Morgan fingerprint density at radius 3 is 2.89 bits per heavy atom. The maximum absolute atomic E-state index is 12.9. The van der Waals surface area contributed by atoms with Crippen LogP contribution in [0.1, 0.15) is 24.6 Å². The summed E-state index contributed by atoms with van der Waals surface area (Å²) in [6.45, 7) is 0. The third-order valence-electron chi connectivity index (χ3n) is 5.13. The summed E-state index contributed by atoms with van der Waals surface area (Å²) in [5.41, 5.74) is 1.91. The molecule has 0 amide bonds. The minimum absolute atomic E-state index is 0.0592. The fraction of sp³-hybridized carbons (Fsp3) is 0.333. The van der Waals surface area contributed by atoms with E-state index in [1.54, 1.807) is 31.2 Å². The van der Waals surface area contributed by atoms with E-state index in [-0.39, 0.29) is 11.7 Å². The SMILES string of the molecule is CO[C@H](c1cn(-c2ncn3c4cccc(Cl)c4c(=O)n(C)c23)nn1)C1CC1. The highest BCUT2D eigenvalue weighted by molar-refractivity contribution is 6.35. The van der Waals surface area contributed by atoms with Crippen molar-refractivity contribution in [2.24, 2.45) is 13.0 Å². The number of aromatic nitrogens is 6. The minimum Gasteiger partial charge on any atom is -0.375 e. The third-order valence-corrected chi connectivity index (χ3v) is 5.45. The Labute approximate surface area is 158 Å². The molecule has 8 nitrogen and oxygen atoms in total. The first kappa shape index (κ1) is 16.5. The number of imidazole rings is 1. The molecule has 1 aromatic carbocycles. The van der Waals surface area contributed by atoms with E-state index in [1.807, 2.05) is 22.7 Å². The monoisotopic (exact) mass is 384 g/mol. The number of rotatable bonds is 4. The molecule has 5 rings (SSSR count). The molecule has 138 valence electrons. The van der Waals surface area contributed by atoms with Crippen LogP contribution in [-0.4, -0.2) is 36.1 Å². The Morgan fingerprint density at radius 1 is 1.33 bits per heavy atom. The largest absolute Gasteiger partial charge is 0.375 e. The lowest BCUT2D eigenvalue weighted by Crippen LogP contribution is -2.20. The summed E-state index contributed by atoms with van der Waals surface area (Å²) in [6.07, 6.45) is 5.71. The predicted octanol–water partition coefficient (Wildman–Crippen LogP) is 2.52. The number of benzene rings is 1. The molecule has 1 aliphatic rings. The van der Waals surface area contributed by atoms with Gasteiger partial charge in [-0.05, 0) is 30.9 Å². The van der Waals surface area contributed by atoms with E-state index in [0.717, 1.165) is 18.5 Å². The number of fused-ring (bicyclic) bond motifs is 3. The van der Waals surface area contributed by atoms with Gasteiger partial charge < -0.3 is 4.74 Å². The Hall–Kier alpha value is -2.71. The zero-order valence-corrected chi connectivity index (χ0v) is 15.6. The molecule has 0 bridgehead atoms. The van der Waals surface area contributed by atoms with Gasteiger partial charge in [0, 0.05) is 14.2 Å². The van der Waals surface area contributed by atoms with Gasteiger partial charge in [0.15, 0.2) is 11.5 Å².